The van der Waals surface area contributed by atoms with Gasteiger partial charge >= 0.3 is 0 Å². The van der Waals surface area contributed by atoms with Gasteiger partial charge in [0.05, 0.1) is 7.11 Å². The fraction of sp³-hybridized carbons (Fsp3) is 0.600. The van der Waals surface area contributed by atoms with Gasteiger partial charge in [-0.05, 0) is 49.3 Å². The van der Waals surface area contributed by atoms with Crippen LogP contribution in [0.3, 0.4) is 0 Å². The Morgan fingerprint density at radius 3 is 2.72 bits per heavy atom. The summed E-state index contributed by atoms with van der Waals surface area (Å²) in [5.74, 6) is 0.0125. The lowest BCUT2D eigenvalue weighted by Gasteiger charge is -2.19. The molecule has 0 amide bonds. The number of methoxy groups -OCH3 is 1. The lowest BCUT2D eigenvalue weighted by Crippen LogP contribution is -2.26. The Morgan fingerprint density at radius 2 is 2.17 bits per heavy atom. The van der Waals surface area contributed by atoms with Crippen LogP contribution in [-0.2, 0) is 0 Å². The monoisotopic (exact) mass is 251 g/mol. The van der Waals surface area contributed by atoms with Crippen LogP contribution in [0.4, 0.5) is 4.39 Å². The molecule has 3 heteroatoms. The summed E-state index contributed by atoms with van der Waals surface area (Å²) < 4.78 is 18.3. The summed E-state index contributed by atoms with van der Waals surface area (Å²) in [6.07, 6.45) is 3.89. The van der Waals surface area contributed by atoms with Crippen molar-refractivity contribution >= 4 is 0 Å². The number of halogens is 1. The van der Waals surface area contributed by atoms with E-state index in [0.29, 0.717) is 11.2 Å². The Balaban J connectivity index is 1.98. The molecule has 1 atom stereocenters. The van der Waals surface area contributed by atoms with Crippen molar-refractivity contribution in [1.82, 2.24) is 5.32 Å². The van der Waals surface area contributed by atoms with E-state index in [4.69, 9.17) is 4.74 Å². The van der Waals surface area contributed by atoms with Crippen molar-refractivity contribution < 1.29 is 9.13 Å². The van der Waals surface area contributed by atoms with Gasteiger partial charge in [-0.3, -0.25) is 0 Å². The Kier molecular flexibility index (Phi) is 3.91. The van der Waals surface area contributed by atoms with E-state index in [-0.39, 0.29) is 11.9 Å². The number of ether oxygens (including phenoxy) is 1. The standard InChI is InChI=1S/C15H22FNO/c1-4-15(7-8-15)10-17-11(2)12-5-6-13(16)14(9-12)18-3/h5-6,9,11,17H,4,7-8,10H2,1-3H3. The normalized spacial score (nSPS) is 18.4. The van der Waals surface area contributed by atoms with Crippen LogP contribution in [0.25, 0.3) is 0 Å². The van der Waals surface area contributed by atoms with E-state index in [1.807, 2.05) is 6.07 Å². The molecule has 0 bridgehead atoms. The van der Waals surface area contributed by atoms with E-state index in [1.165, 1.54) is 32.4 Å². The fourth-order valence-corrected chi connectivity index (χ4v) is 2.27. The Hall–Kier alpha value is -1.09. The average Bonchev–Trinajstić information content (AvgIpc) is 3.17. The molecular weight excluding hydrogens is 229 g/mol. The van der Waals surface area contributed by atoms with E-state index in [0.717, 1.165) is 12.1 Å². The molecule has 2 rings (SSSR count). The van der Waals surface area contributed by atoms with Crippen LogP contribution in [0.1, 0.15) is 44.7 Å². The van der Waals surface area contributed by atoms with Crippen LogP contribution < -0.4 is 10.1 Å². The number of hydrogen-bond donors (Lipinski definition) is 1. The molecule has 0 aromatic heterocycles. The third-order valence-corrected chi connectivity index (χ3v) is 4.17. The summed E-state index contributed by atoms with van der Waals surface area (Å²) in [5, 5.41) is 3.55. The predicted octanol–water partition coefficient (Wildman–Crippen LogP) is 3.68. The molecule has 0 aliphatic heterocycles. The minimum absolute atomic E-state index is 0.225. The molecule has 0 spiro atoms. The molecular formula is C15H22FNO. The Bertz CT molecular complexity index is 415. The lowest BCUT2D eigenvalue weighted by molar-refractivity contribution is 0.383. The van der Waals surface area contributed by atoms with Gasteiger partial charge < -0.3 is 10.1 Å². The van der Waals surface area contributed by atoms with Gasteiger partial charge in [-0.15, -0.1) is 0 Å². The molecule has 0 radical (unpaired) electrons. The third kappa shape index (κ3) is 2.83. The zero-order chi connectivity index (χ0) is 13.2. The van der Waals surface area contributed by atoms with Gasteiger partial charge in [0.1, 0.15) is 0 Å². The summed E-state index contributed by atoms with van der Waals surface area (Å²) in [4.78, 5) is 0. The first kappa shape index (κ1) is 13.3. The highest BCUT2D eigenvalue weighted by Gasteiger charge is 2.40. The van der Waals surface area contributed by atoms with Gasteiger partial charge in [-0.25, -0.2) is 4.39 Å². The second kappa shape index (κ2) is 5.27. The maximum Gasteiger partial charge on any atom is 0.165 e. The summed E-state index contributed by atoms with van der Waals surface area (Å²) >= 11 is 0. The van der Waals surface area contributed by atoms with Crippen LogP contribution in [0.2, 0.25) is 0 Å². The molecule has 1 aromatic rings. The molecule has 0 heterocycles. The predicted molar refractivity (Wildman–Crippen MR) is 71.3 cm³/mol. The number of benzene rings is 1. The number of nitrogens with one attached hydrogen (secondary N) is 1. The van der Waals surface area contributed by atoms with Gasteiger partial charge in [0, 0.05) is 12.6 Å². The Labute approximate surface area is 109 Å². The molecule has 1 aliphatic rings. The maximum atomic E-state index is 13.3. The first-order valence-electron chi connectivity index (χ1n) is 6.67. The Morgan fingerprint density at radius 1 is 1.44 bits per heavy atom. The summed E-state index contributed by atoms with van der Waals surface area (Å²) in [5.41, 5.74) is 1.60. The second-order valence-electron chi connectivity index (χ2n) is 5.35. The van der Waals surface area contributed by atoms with Crippen molar-refractivity contribution in [3.05, 3.63) is 29.6 Å². The van der Waals surface area contributed by atoms with Gasteiger partial charge in [-0.2, -0.15) is 0 Å². The topological polar surface area (TPSA) is 21.3 Å². The molecule has 2 nitrogen and oxygen atoms in total. The quantitative estimate of drug-likeness (QED) is 0.832. The van der Waals surface area contributed by atoms with E-state index in [1.54, 1.807) is 6.07 Å². The molecule has 1 N–H and O–H groups in total. The molecule has 1 aromatic carbocycles. The zero-order valence-corrected chi connectivity index (χ0v) is 11.4. The van der Waals surface area contributed by atoms with Crippen molar-refractivity contribution in [2.45, 2.75) is 39.2 Å². The second-order valence-corrected chi connectivity index (χ2v) is 5.35. The highest BCUT2D eigenvalue weighted by molar-refractivity contribution is 5.31. The lowest BCUT2D eigenvalue weighted by atomic mass is 10.0. The molecule has 1 unspecified atom stereocenters. The number of rotatable bonds is 6. The molecule has 0 saturated heterocycles. The van der Waals surface area contributed by atoms with Crippen LogP contribution in [0.5, 0.6) is 5.75 Å². The van der Waals surface area contributed by atoms with E-state index in [9.17, 15) is 4.39 Å². The van der Waals surface area contributed by atoms with Gasteiger partial charge in [0.2, 0.25) is 0 Å². The first-order valence-corrected chi connectivity index (χ1v) is 6.67. The molecule has 18 heavy (non-hydrogen) atoms. The summed E-state index contributed by atoms with van der Waals surface area (Å²) in [7, 11) is 1.50. The largest absolute Gasteiger partial charge is 0.494 e. The van der Waals surface area contributed by atoms with Crippen molar-refractivity contribution in [1.29, 1.82) is 0 Å². The summed E-state index contributed by atoms with van der Waals surface area (Å²) in [6, 6.07) is 5.29. The summed E-state index contributed by atoms with van der Waals surface area (Å²) in [6.45, 7) is 5.41. The van der Waals surface area contributed by atoms with Crippen molar-refractivity contribution in [3.8, 4) is 5.75 Å². The van der Waals surface area contributed by atoms with Crippen LogP contribution >= 0.6 is 0 Å². The average molecular weight is 251 g/mol. The van der Waals surface area contributed by atoms with Crippen molar-refractivity contribution in [2.24, 2.45) is 5.41 Å². The van der Waals surface area contributed by atoms with Crippen LogP contribution in [0, 0.1) is 11.2 Å². The van der Waals surface area contributed by atoms with Gasteiger partial charge in [0.15, 0.2) is 11.6 Å². The first-order chi connectivity index (χ1) is 8.60. The third-order valence-electron chi connectivity index (χ3n) is 4.17. The van der Waals surface area contributed by atoms with Crippen molar-refractivity contribution in [3.63, 3.8) is 0 Å². The van der Waals surface area contributed by atoms with Crippen LogP contribution in [0.15, 0.2) is 18.2 Å². The van der Waals surface area contributed by atoms with Crippen molar-refractivity contribution in [2.75, 3.05) is 13.7 Å². The molecule has 100 valence electrons. The molecule has 1 fully saturated rings. The van der Waals surface area contributed by atoms with E-state index in [2.05, 4.69) is 19.2 Å². The minimum Gasteiger partial charge on any atom is -0.494 e. The smallest absolute Gasteiger partial charge is 0.165 e. The zero-order valence-electron chi connectivity index (χ0n) is 11.4. The molecule has 1 saturated carbocycles. The van der Waals surface area contributed by atoms with Gasteiger partial charge in [-0.1, -0.05) is 13.0 Å². The maximum absolute atomic E-state index is 13.3. The SMILES string of the molecule is CCC1(CNC(C)c2ccc(F)c(OC)c2)CC1. The highest BCUT2D eigenvalue weighted by atomic mass is 19.1. The van der Waals surface area contributed by atoms with Crippen LogP contribution in [-0.4, -0.2) is 13.7 Å². The molecule has 1 aliphatic carbocycles. The van der Waals surface area contributed by atoms with E-state index >= 15 is 0 Å². The van der Waals surface area contributed by atoms with Gasteiger partial charge in [0.25, 0.3) is 0 Å². The highest BCUT2D eigenvalue weighted by Crippen LogP contribution is 2.48. The van der Waals surface area contributed by atoms with E-state index < -0.39 is 0 Å². The fourth-order valence-electron chi connectivity index (χ4n) is 2.27. The minimum atomic E-state index is -0.305. The number of hydrogen-bond acceptors (Lipinski definition) is 2.